The van der Waals surface area contributed by atoms with Crippen LogP contribution in [0.15, 0.2) is 24.3 Å². The van der Waals surface area contributed by atoms with Gasteiger partial charge in [0.15, 0.2) is 5.69 Å². The molecule has 0 radical (unpaired) electrons. The van der Waals surface area contributed by atoms with E-state index in [-0.39, 0.29) is 23.9 Å². The molecule has 2 heterocycles. The minimum Gasteiger partial charge on any atom is -0.369 e. The summed E-state index contributed by atoms with van der Waals surface area (Å²) in [4.78, 5) is 41.7. The average molecular weight is 424 g/mol. The first-order chi connectivity index (χ1) is 14.3. The van der Waals surface area contributed by atoms with Gasteiger partial charge in [0.25, 0.3) is 11.8 Å². The van der Waals surface area contributed by atoms with Gasteiger partial charge < -0.3 is 21.1 Å². The number of hydrogen-bond donors (Lipinski definition) is 3. The first-order valence-electron chi connectivity index (χ1n) is 9.50. The molecule has 1 atom stereocenters. The van der Waals surface area contributed by atoms with E-state index < -0.39 is 17.4 Å². The van der Waals surface area contributed by atoms with E-state index in [9.17, 15) is 19.5 Å². The number of nitrogens with one attached hydrogen (secondary N) is 1. The largest absolute Gasteiger partial charge is 0.369 e. The summed E-state index contributed by atoms with van der Waals surface area (Å²) in [5.74, 6) is 4.26. The number of nitrogens with zero attached hydrogens (tertiary/aromatic N) is 2. The number of anilines is 1. The Morgan fingerprint density at radius 3 is 2.80 bits per heavy atom. The number of benzene rings is 1. The summed E-state index contributed by atoms with van der Waals surface area (Å²) in [5, 5.41) is 14.0. The molecule has 1 aliphatic heterocycles. The van der Waals surface area contributed by atoms with Gasteiger partial charge in [0, 0.05) is 37.1 Å². The lowest BCUT2D eigenvalue weighted by Gasteiger charge is -2.13. The molecule has 9 heteroatoms. The molecule has 8 nitrogen and oxygen atoms in total. The third-order valence-electron chi connectivity index (χ3n) is 5.08. The fourth-order valence-corrected chi connectivity index (χ4v) is 4.10. The third kappa shape index (κ3) is 3.92. The van der Waals surface area contributed by atoms with Gasteiger partial charge in [-0.05, 0) is 25.0 Å². The monoisotopic (exact) mass is 424 g/mol. The number of carbonyl (C=O) groups is 3. The van der Waals surface area contributed by atoms with Crippen molar-refractivity contribution in [1.29, 1.82) is 0 Å². The summed E-state index contributed by atoms with van der Waals surface area (Å²) in [7, 11) is 1.63. The summed E-state index contributed by atoms with van der Waals surface area (Å²) in [6.07, 6.45) is 1.94. The van der Waals surface area contributed by atoms with Gasteiger partial charge in [-0.2, -0.15) is 0 Å². The van der Waals surface area contributed by atoms with Crippen molar-refractivity contribution in [3.8, 4) is 22.4 Å². The van der Waals surface area contributed by atoms with Crippen molar-refractivity contribution in [3.63, 3.8) is 0 Å². The van der Waals surface area contributed by atoms with E-state index in [0.717, 1.165) is 24.2 Å². The highest BCUT2D eigenvalue weighted by Crippen LogP contribution is 2.35. The van der Waals surface area contributed by atoms with Crippen LogP contribution in [0.25, 0.3) is 10.6 Å². The number of likely N-dealkylation sites (N-methyl/N-ethyl adjacent to an activating group) is 1. The van der Waals surface area contributed by atoms with Crippen LogP contribution in [0.2, 0.25) is 0 Å². The predicted molar refractivity (Wildman–Crippen MR) is 112 cm³/mol. The fourth-order valence-electron chi connectivity index (χ4n) is 3.13. The molecule has 4 rings (SSSR count). The van der Waals surface area contributed by atoms with Gasteiger partial charge in [-0.1, -0.05) is 35.3 Å². The Balaban J connectivity index is 1.61. The number of hydrogen-bond acceptors (Lipinski definition) is 6. The minimum atomic E-state index is -1.68. The fraction of sp³-hybridized carbons (Fsp3) is 0.333. The van der Waals surface area contributed by atoms with Crippen molar-refractivity contribution in [2.45, 2.75) is 24.9 Å². The molecule has 1 aliphatic carbocycles. The zero-order valence-electron chi connectivity index (χ0n) is 16.3. The number of amides is 3. The SMILES string of the molecule is CN1CCC(O)(C#Cc2cccc(-c3nc(C(N)=O)c(NC(=O)C4CC4)s3)c2)C1=O. The van der Waals surface area contributed by atoms with Crippen LogP contribution in [-0.4, -0.2) is 51.9 Å². The van der Waals surface area contributed by atoms with Crippen LogP contribution < -0.4 is 11.1 Å². The molecule has 1 saturated heterocycles. The Bertz CT molecular complexity index is 1110. The van der Waals surface area contributed by atoms with E-state index in [2.05, 4.69) is 22.1 Å². The van der Waals surface area contributed by atoms with E-state index >= 15 is 0 Å². The van der Waals surface area contributed by atoms with Crippen LogP contribution in [-0.2, 0) is 9.59 Å². The molecule has 4 N–H and O–H groups in total. The van der Waals surface area contributed by atoms with Gasteiger partial charge in [-0.3, -0.25) is 14.4 Å². The molecule has 2 aliphatic rings. The molecule has 0 spiro atoms. The van der Waals surface area contributed by atoms with E-state index in [4.69, 9.17) is 5.73 Å². The number of nitrogens with two attached hydrogens (primary N) is 1. The number of thiazole rings is 1. The Hall–Kier alpha value is -3.22. The lowest BCUT2D eigenvalue weighted by atomic mass is 10.0. The highest BCUT2D eigenvalue weighted by atomic mass is 32.1. The lowest BCUT2D eigenvalue weighted by Crippen LogP contribution is -2.37. The normalized spacial score (nSPS) is 20.6. The van der Waals surface area contributed by atoms with Crippen LogP contribution in [0.5, 0.6) is 0 Å². The second-order valence-electron chi connectivity index (χ2n) is 7.49. The van der Waals surface area contributed by atoms with Gasteiger partial charge in [0.1, 0.15) is 10.0 Å². The summed E-state index contributed by atoms with van der Waals surface area (Å²) in [6.45, 7) is 0.453. The first-order valence-corrected chi connectivity index (χ1v) is 10.3. The Labute approximate surface area is 177 Å². The number of likely N-dealkylation sites (tertiary alicyclic amines) is 1. The molecule has 154 valence electrons. The van der Waals surface area contributed by atoms with Gasteiger partial charge in [0.2, 0.25) is 11.5 Å². The van der Waals surface area contributed by atoms with Gasteiger partial charge in [-0.25, -0.2) is 4.98 Å². The molecular formula is C21H20N4O4S. The Morgan fingerprint density at radius 1 is 1.40 bits per heavy atom. The van der Waals surface area contributed by atoms with Crippen LogP contribution >= 0.6 is 11.3 Å². The second kappa shape index (κ2) is 7.55. The van der Waals surface area contributed by atoms with Gasteiger partial charge in [-0.15, -0.1) is 0 Å². The summed E-state index contributed by atoms with van der Waals surface area (Å²) in [5.41, 5.74) is 5.04. The molecule has 3 amide bonds. The van der Waals surface area contributed by atoms with E-state index in [1.807, 2.05) is 0 Å². The Morgan fingerprint density at radius 2 is 2.17 bits per heavy atom. The topological polar surface area (TPSA) is 126 Å². The molecule has 1 unspecified atom stereocenters. The van der Waals surface area contributed by atoms with Crippen molar-refractivity contribution < 1.29 is 19.5 Å². The number of aliphatic hydroxyl groups is 1. The van der Waals surface area contributed by atoms with E-state index in [0.29, 0.717) is 27.7 Å². The lowest BCUT2D eigenvalue weighted by molar-refractivity contribution is -0.137. The van der Waals surface area contributed by atoms with Crippen LogP contribution in [0.4, 0.5) is 5.00 Å². The zero-order chi connectivity index (χ0) is 21.5. The number of rotatable bonds is 4. The van der Waals surface area contributed by atoms with Crippen molar-refractivity contribution in [2.75, 3.05) is 18.9 Å². The van der Waals surface area contributed by atoms with E-state index in [1.165, 1.54) is 4.90 Å². The standard InChI is InChI=1S/C21H20N4O4S/c1-25-10-9-21(29,20(25)28)8-7-12-3-2-4-14(11-12)18-23-15(16(22)26)19(30-18)24-17(27)13-5-6-13/h2-4,11,13,29H,5-6,9-10H2,1H3,(H2,22,26)(H,24,27). The average Bonchev–Trinajstić information content (AvgIpc) is 3.45. The predicted octanol–water partition coefficient (Wildman–Crippen LogP) is 1.20. The molecule has 30 heavy (non-hydrogen) atoms. The Kier molecular flexibility index (Phi) is 5.05. The summed E-state index contributed by atoms with van der Waals surface area (Å²) < 4.78 is 0. The first kappa shape index (κ1) is 20.1. The van der Waals surface area contributed by atoms with Crippen molar-refractivity contribution in [2.24, 2.45) is 11.7 Å². The molecule has 1 saturated carbocycles. The maximum Gasteiger partial charge on any atom is 0.270 e. The van der Waals surface area contributed by atoms with Gasteiger partial charge >= 0.3 is 0 Å². The van der Waals surface area contributed by atoms with Gasteiger partial charge in [0.05, 0.1) is 0 Å². The quantitative estimate of drug-likeness (QED) is 0.636. The van der Waals surface area contributed by atoms with Crippen LogP contribution in [0.3, 0.4) is 0 Å². The highest BCUT2D eigenvalue weighted by molar-refractivity contribution is 7.19. The van der Waals surface area contributed by atoms with E-state index in [1.54, 1.807) is 31.3 Å². The maximum atomic E-state index is 12.1. The number of carbonyl (C=O) groups excluding carboxylic acids is 3. The van der Waals surface area contributed by atoms with Crippen molar-refractivity contribution >= 4 is 34.1 Å². The number of aromatic nitrogens is 1. The molecule has 0 bridgehead atoms. The molecule has 2 aromatic rings. The molecular weight excluding hydrogens is 404 g/mol. The van der Waals surface area contributed by atoms with Crippen molar-refractivity contribution in [1.82, 2.24) is 9.88 Å². The number of primary amides is 1. The summed E-state index contributed by atoms with van der Waals surface area (Å²) in [6, 6.07) is 7.06. The maximum absolute atomic E-state index is 12.1. The van der Waals surface area contributed by atoms with Crippen LogP contribution in [0, 0.1) is 17.8 Å². The second-order valence-corrected chi connectivity index (χ2v) is 8.49. The minimum absolute atomic E-state index is 0.0157. The third-order valence-corrected chi connectivity index (χ3v) is 6.10. The molecule has 1 aromatic carbocycles. The molecule has 2 fully saturated rings. The van der Waals surface area contributed by atoms with Crippen LogP contribution in [0.1, 0.15) is 35.3 Å². The smallest absolute Gasteiger partial charge is 0.270 e. The van der Waals surface area contributed by atoms with Crippen molar-refractivity contribution in [3.05, 3.63) is 35.5 Å². The summed E-state index contributed by atoms with van der Waals surface area (Å²) >= 11 is 1.16. The highest BCUT2D eigenvalue weighted by Gasteiger charge is 2.42. The molecule has 1 aromatic heterocycles. The zero-order valence-corrected chi connectivity index (χ0v) is 17.1.